The Morgan fingerprint density at radius 3 is 2.44 bits per heavy atom. The van der Waals surface area contributed by atoms with Crippen molar-refractivity contribution in [2.45, 2.75) is 44.9 Å². The van der Waals surface area contributed by atoms with Crippen molar-refractivity contribution in [3.05, 3.63) is 64.9 Å². The molecule has 3 aromatic rings. The number of nitrogens with zero attached hydrogens (tertiary/aromatic N) is 2. The number of rotatable bonds is 5. The van der Waals surface area contributed by atoms with E-state index in [1.54, 1.807) is 4.90 Å². The molecule has 1 aromatic heterocycles. The molecule has 1 saturated heterocycles. The molecule has 3 N–H and O–H groups in total. The number of amides is 1. The SMILES string of the molecule is C[C@@H]1Cc2c([nH]c3ccccc23)[C@@H](c2c(F)cc(N3CC(C(N)=O)C3)cc2F)N1CC(C)(C)F. The summed E-state index contributed by atoms with van der Waals surface area (Å²) >= 11 is 0. The summed E-state index contributed by atoms with van der Waals surface area (Å²) in [5.41, 5.74) is 6.64. The maximum absolute atomic E-state index is 15.7. The van der Waals surface area contributed by atoms with Crippen LogP contribution in [0.4, 0.5) is 18.9 Å². The summed E-state index contributed by atoms with van der Waals surface area (Å²) < 4.78 is 46.2. The van der Waals surface area contributed by atoms with Crippen molar-refractivity contribution in [1.29, 1.82) is 0 Å². The van der Waals surface area contributed by atoms with Crippen LogP contribution in [-0.2, 0) is 11.2 Å². The van der Waals surface area contributed by atoms with Gasteiger partial charge < -0.3 is 15.6 Å². The monoisotopic (exact) mass is 470 g/mol. The number of nitrogens with two attached hydrogens (primary N) is 1. The minimum Gasteiger partial charge on any atom is -0.370 e. The second-order valence-corrected chi connectivity index (χ2v) is 10.2. The van der Waals surface area contributed by atoms with Gasteiger partial charge >= 0.3 is 0 Å². The molecule has 2 atom stereocenters. The second kappa shape index (κ2) is 8.05. The number of hydrogen-bond donors (Lipinski definition) is 2. The number of carbonyl (C=O) groups excluding carboxylic acids is 1. The number of fused-ring (bicyclic) bond motifs is 3. The molecule has 5 nitrogen and oxygen atoms in total. The van der Waals surface area contributed by atoms with Gasteiger partial charge in [-0.1, -0.05) is 18.2 Å². The first kappa shape index (κ1) is 22.8. The normalized spacial score (nSPS) is 21.5. The highest BCUT2D eigenvalue weighted by molar-refractivity contribution is 5.85. The second-order valence-electron chi connectivity index (χ2n) is 10.2. The lowest BCUT2D eigenvalue weighted by Gasteiger charge is -2.43. The molecular formula is C26H29F3N4O. The Morgan fingerprint density at radius 1 is 1.18 bits per heavy atom. The minimum absolute atomic E-state index is 0.0285. The number of aromatic nitrogens is 1. The highest BCUT2D eigenvalue weighted by atomic mass is 19.1. The largest absolute Gasteiger partial charge is 0.370 e. The zero-order valence-electron chi connectivity index (χ0n) is 19.5. The van der Waals surface area contributed by atoms with Crippen LogP contribution in [-0.4, -0.2) is 47.1 Å². The lowest BCUT2D eigenvalue weighted by molar-refractivity contribution is -0.122. The number of alkyl halides is 1. The number of nitrogens with one attached hydrogen (secondary N) is 1. The van der Waals surface area contributed by atoms with Gasteiger partial charge in [0, 0.05) is 53.5 Å². The molecule has 2 aliphatic rings. The fourth-order valence-corrected chi connectivity index (χ4v) is 5.38. The van der Waals surface area contributed by atoms with Gasteiger partial charge in [-0.3, -0.25) is 9.69 Å². The standard InChI is InChI=1S/C26H29F3N4O/c1-14-8-18-17-6-4-5-7-21(17)31-23(18)24(33(14)13-26(2,3)29)22-19(27)9-16(10-20(22)28)32-11-15(12-32)25(30)34/h4-7,9-10,14-15,24,31H,8,11-13H2,1-3H3,(H2,30,34)/t14-,24-/m1/s1. The summed E-state index contributed by atoms with van der Waals surface area (Å²) in [7, 11) is 0. The van der Waals surface area contributed by atoms with E-state index in [9.17, 15) is 9.18 Å². The molecule has 2 aromatic carbocycles. The molecule has 0 bridgehead atoms. The van der Waals surface area contributed by atoms with E-state index in [4.69, 9.17) is 5.73 Å². The average molecular weight is 471 g/mol. The van der Waals surface area contributed by atoms with Gasteiger partial charge in [-0.25, -0.2) is 13.2 Å². The van der Waals surface area contributed by atoms with Crippen molar-refractivity contribution in [3.8, 4) is 0 Å². The van der Waals surface area contributed by atoms with Crippen LogP contribution in [0.1, 0.15) is 43.6 Å². The highest BCUT2D eigenvalue weighted by Gasteiger charge is 2.41. The molecule has 3 heterocycles. The number of carbonyl (C=O) groups is 1. The molecule has 34 heavy (non-hydrogen) atoms. The third kappa shape index (κ3) is 3.83. The fourth-order valence-electron chi connectivity index (χ4n) is 5.38. The third-order valence-electron chi connectivity index (χ3n) is 7.06. The van der Waals surface area contributed by atoms with Gasteiger partial charge in [0.15, 0.2) is 0 Å². The Balaban J connectivity index is 1.61. The Bertz CT molecular complexity index is 1240. The van der Waals surface area contributed by atoms with Gasteiger partial charge in [-0.15, -0.1) is 0 Å². The number of anilines is 1. The molecule has 2 aliphatic heterocycles. The predicted octanol–water partition coefficient (Wildman–Crippen LogP) is 4.45. The van der Waals surface area contributed by atoms with Crippen LogP contribution in [0.25, 0.3) is 10.9 Å². The maximum atomic E-state index is 15.7. The predicted molar refractivity (Wildman–Crippen MR) is 126 cm³/mol. The summed E-state index contributed by atoms with van der Waals surface area (Å²) in [5.74, 6) is -2.12. The number of para-hydroxylation sites is 1. The highest BCUT2D eigenvalue weighted by Crippen LogP contribution is 2.44. The summed E-state index contributed by atoms with van der Waals surface area (Å²) in [4.78, 5) is 18.3. The fraction of sp³-hybridized carbons (Fsp3) is 0.423. The van der Waals surface area contributed by atoms with Gasteiger partial charge in [-0.2, -0.15) is 0 Å². The summed E-state index contributed by atoms with van der Waals surface area (Å²) in [6.07, 6.45) is 0.648. The molecule has 8 heteroatoms. The molecule has 5 rings (SSSR count). The molecule has 0 radical (unpaired) electrons. The van der Waals surface area contributed by atoms with E-state index in [0.717, 1.165) is 16.5 Å². The van der Waals surface area contributed by atoms with Crippen LogP contribution in [0.5, 0.6) is 0 Å². The van der Waals surface area contributed by atoms with Crippen molar-refractivity contribution in [1.82, 2.24) is 9.88 Å². The number of H-pyrrole nitrogens is 1. The van der Waals surface area contributed by atoms with Gasteiger partial charge in [-0.05, 0) is 51.0 Å². The van der Waals surface area contributed by atoms with E-state index in [1.807, 2.05) is 36.1 Å². The zero-order chi connectivity index (χ0) is 24.4. The Morgan fingerprint density at radius 2 is 1.82 bits per heavy atom. The van der Waals surface area contributed by atoms with E-state index < -0.39 is 29.3 Å². The van der Waals surface area contributed by atoms with Crippen molar-refractivity contribution in [3.63, 3.8) is 0 Å². The zero-order valence-corrected chi connectivity index (χ0v) is 19.5. The van der Waals surface area contributed by atoms with E-state index in [2.05, 4.69) is 4.98 Å². The molecule has 0 unspecified atom stereocenters. The van der Waals surface area contributed by atoms with Crippen LogP contribution in [0, 0.1) is 17.6 Å². The number of halogens is 3. The lowest BCUT2D eigenvalue weighted by atomic mass is 9.87. The van der Waals surface area contributed by atoms with Crippen LogP contribution < -0.4 is 10.6 Å². The first-order chi connectivity index (χ1) is 16.0. The van der Waals surface area contributed by atoms with E-state index in [-0.39, 0.29) is 24.1 Å². The summed E-state index contributed by atoms with van der Waals surface area (Å²) in [5, 5.41) is 1.02. The number of hydrogen-bond acceptors (Lipinski definition) is 3. The summed E-state index contributed by atoms with van der Waals surface area (Å²) in [6.45, 7) is 5.63. The van der Waals surface area contributed by atoms with E-state index in [1.165, 1.54) is 26.0 Å². The Kier molecular flexibility index (Phi) is 5.39. The van der Waals surface area contributed by atoms with Crippen LogP contribution in [0.2, 0.25) is 0 Å². The maximum Gasteiger partial charge on any atom is 0.224 e. The van der Waals surface area contributed by atoms with Crippen LogP contribution in [0.3, 0.4) is 0 Å². The Labute approximate surface area is 196 Å². The van der Waals surface area contributed by atoms with Crippen molar-refractivity contribution in [2.24, 2.45) is 11.7 Å². The minimum atomic E-state index is -1.55. The van der Waals surface area contributed by atoms with Gasteiger partial charge in [0.05, 0.1) is 12.0 Å². The molecule has 0 spiro atoms. The molecular weight excluding hydrogens is 441 g/mol. The first-order valence-corrected chi connectivity index (χ1v) is 11.6. The smallest absolute Gasteiger partial charge is 0.224 e. The first-order valence-electron chi connectivity index (χ1n) is 11.6. The molecule has 180 valence electrons. The van der Waals surface area contributed by atoms with Gasteiger partial charge in [0.2, 0.25) is 5.91 Å². The average Bonchev–Trinajstić information content (AvgIpc) is 3.05. The molecule has 0 aliphatic carbocycles. The molecule has 1 fully saturated rings. The number of primary amides is 1. The van der Waals surface area contributed by atoms with Crippen molar-refractivity contribution >= 4 is 22.5 Å². The lowest BCUT2D eigenvalue weighted by Crippen LogP contribution is -2.52. The number of benzene rings is 2. The topological polar surface area (TPSA) is 65.4 Å². The number of aromatic amines is 1. The third-order valence-corrected chi connectivity index (χ3v) is 7.06. The van der Waals surface area contributed by atoms with Crippen molar-refractivity contribution in [2.75, 3.05) is 24.5 Å². The molecule has 1 amide bonds. The van der Waals surface area contributed by atoms with Gasteiger partial charge in [0.25, 0.3) is 0 Å². The van der Waals surface area contributed by atoms with Crippen LogP contribution in [0.15, 0.2) is 36.4 Å². The quantitative estimate of drug-likeness (QED) is 0.579. The summed E-state index contributed by atoms with van der Waals surface area (Å²) in [6, 6.07) is 9.46. The van der Waals surface area contributed by atoms with Crippen molar-refractivity contribution < 1.29 is 18.0 Å². The van der Waals surface area contributed by atoms with E-state index >= 15 is 8.78 Å². The Hall–Kier alpha value is -3.00. The van der Waals surface area contributed by atoms with E-state index in [0.29, 0.717) is 30.9 Å². The van der Waals surface area contributed by atoms with Gasteiger partial charge in [0.1, 0.15) is 17.3 Å². The molecule has 0 saturated carbocycles. The van der Waals surface area contributed by atoms with Crippen LogP contribution >= 0.6 is 0 Å².